The minimum Gasteiger partial charge on any atom is -0.549 e. The molecule has 0 radical (unpaired) electrons. The fourth-order valence-corrected chi connectivity index (χ4v) is 2.98. The first-order valence-corrected chi connectivity index (χ1v) is 9.35. The van der Waals surface area contributed by atoms with E-state index in [1.807, 2.05) is 67.6 Å². The van der Waals surface area contributed by atoms with Gasteiger partial charge in [0.2, 0.25) is 0 Å². The monoisotopic (exact) mass is 375 g/mol. The predicted octanol–water partition coefficient (Wildman–Crippen LogP) is 4.09. The lowest BCUT2D eigenvalue weighted by atomic mass is 9.96. The van der Waals surface area contributed by atoms with Gasteiger partial charge in [0.15, 0.2) is 0 Å². The van der Waals surface area contributed by atoms with Gasteiger partial charge in [-0.3, -0.25) is 0 Å². The lowest BCUT2D eigenvalue weighted by molar-refractivity contribution is -0.308. The zero-order chi connectivity index (χ0) is 19.8. The van der Waals surface area contributed by atoms with Gasteiger partial charge in [-0.1, -0.05) is 67.6 Å². The molecule has 4 heteroatoms. The van der Waals surface area contributed by atoms with Crippen LogP contribution in [0.3, 0.4) is 0 Å². The van der Waals surface area contributed by atoms with E-state index in [2.05, 4.69) is 0 Å². The maximum Gasteiger partial charge on any atom is 0.123 e. The number of rotatable bonds is 9. The molecule has 144 valence electrons. The Morgan fingerprint density at radius 2 is 1.29 bits per heavy atom. The summed E-state index contributed by atoms with van der Waals surface area (Å²) < 4.78 is 11.8. The van der Waals surface area contributed by atoms with Crippen LogP contribution in [0.2, 0.25) is 0 Å². The van der Waals surface area contributed by atoms with E-state index in [0.29, 0.717) is 36.7 Å². The van der Waals surface area contributed by atoms with Crippen LogP contribution >= 0.6 is 0 Å². The summed E-state index contributed by atoms with van der Waals surface area (Å²) in [6.07, 6.45) is 0.433. The number of carbonyl (C=O) groups is 1. The summed E-state index contributed by atoms with van der Waals surface area (Å²) in [6, 6.07) is 24.9. The second-order valence-corrected chi connectivity index (χ2v) is 6.57. The van der Waals surface area contributed by atoms with Gasteiger partial charge in [0.05, 0.1) is 0 Å². The van der Waals surface area contributed by atoms with Gasteiger partial charge in [0.1, 0.15) is 24.7 Å². The molecule has 1 atom stereocenters. The van der Waals surface area contributed by atoms with Crippen LogP contribution in [0.1, 0.15) is 36.0 Å². The maximum absolute atomic E-state index is 11.5. The Bertz CT molecular complexity index is 829. The third kappa shape index (κ3) is 5.36. The normalized spacial score (nSPS) is 11.6. The lowest BCUT2D eigenvalue weighted by Crippen LogP contribution is -2.29. The van der Waals surface area contributed by atoms with E-state index >= 15 is 0 Å². The molecule has 0 aromatic heterocycles. The van der Waals surface area contributed by atoms with Crippen molar-refractivity contribution < 1.29 is 19.4 Å². The molecule has 28 heavy (non-hydrogen) atoms. The number of carboxylic acids is 1. The fourth-order valence-electron chi connectivity index (χ4n) is 2.98. The van der Waals surface area contributed by atoms with Gasteiger partial charge in [0.25, 0.3) is 0 Å². The molecule has 3 aromatic carbocycles. The molecule has 0 aliphatic rings. The van der Waals surface area contributed by atoms with Crippen LogP contribution in [-0.2, 0) is 18.0 Å². The first kappa shape index (κ1) is 19.5. The van der Waals surface area contributed by atoms with Gasteiger partial charge in [-0.05, 0) is 35.2 Å². The van der Waals surface area contributed by atoms with Gasteiger partial charge in [-0.25, -0.2) is 0 Å². The van der Waals surface area contributed by atoms with Crippen LogP contribution in [0.5, 0.6) is 11.5 Å². The van der Waals surface area contributed by atoms with Crippen molar-refractivity contribution in [2.24, 2.45) is 0 Å². The van der Waals surface area contributed by atoms with E-state index in [1.165, 1.54) is 0 Å². The molecule has 3 rings (SSSR count). The maximum atomic E-state index is 11.5. The van der Waals surface area contributed by atoms with E-state index in [4.69, 9.17) is 9.47 Å². The molecule has 0 amide bonds. The van der Waals surface area contributed by atoms with Crippen LogP contribution in [-0.4, -0.2) is 5.97 Å². The second kappa shape index (κ2) is 9.60. The summed E-state index contributed by atoms with van der Waals surface area (Å²) in [6.45, 7) is 2.61. The summed E-state index contributed by atoms with van der Waals surface area (Å²) in [5, 5.41) is 11.5. The SMILES string of the molecule is CCC(C(=O)[O-])c1cc(OCc2ccccc2)cc(OCc2ccccc2)c1. The average Bonchev–Trinajstić information content (AvgIpc) is 2.72. The first-order valence-electron chi connectivity index (χ1n) is 9.35. The van der Waals surface area contributed by atoms with Crippen LogP contribution in [0.4, 0.5) is 0 Å². The van der Waals surface area contributed by atoms with Crippen molar-refractivity contribution in [3.63, 3.8) is 0 Å². The summed E-state index contributed by atoms with van der Waals surface area (Å²) in [5.41, 5.74) is 2.69. The molecule has 1 unspecified atom stereocenters. The molecule has 0 aliphatic carbocycles. The largest absolute Gasteiger partial charge is 0.549 e. The highest BCUT2D eigenvalue weighted by Crippen LogP contribution is 2.30. The number of hydrogen-bond acceptors (Lipinski definition) is 4. The molecule has 0 saturated carbocycles. The number of ether oxygens (including phenoxy) is 2. The number of hydrogen-bond donors (Lipinski definition) is 0. The summed E-state index contributed by atoms with van der Waals surface area (Å²) in [5.74, 6) is -0.663. The van der Waals surface area contributed by atoms with Crippen LogP contribution in [0, 0.1) is 0 Å². The van der Waals surface area contributed by atoms with Crippen LogP contribution in [0.25, 0.3) is 0 Å². The van der Waals surface area contributed by atoms with Crippen molar-refractivity contribution in [3.05, 3.63) is 95.6 Å². The average molecular weight is 375 g/mol. The summed E-state index contributed by atoms with van der Waals surface area (Å²) in [4.78, 5) is 11.5. The standard InChI is InChI=1S/C24H24O4/c1-2-23(24(25)26)20-13-21(27-16-18-9-5-3-6-10-18)15-22(14-20)28-17-19-11-7-4-8-12-19/h3-15,23H,2,16-17H2,1H3,(H,25,26)/p-1. The van der Waals surface area contributed by atoms with Gasteiger partial charge >= 0.3 is 0 Å². The Kier molecular flexibility index (Phi) is 6.68. The Labute approximate surface area is 165 Å². The molecule has 0 spiro atoms. The quantitative estimate of drug-likeness (QED) is 0.565. The van der Waals surface area contributed by atoms with Crippen molar-refractivity contribution in [2.45, 2.75) is 32.5 Å². The van der Waals surface area contributed by atoms with E-state index in [-0.39, 0.29) is 0 Å². The molecular weight excluding hydrogens is 352 g/mol. The lowest BCUT2D eigenvalue weighted by Gasteiger charge is -2.19. The third-order valence-electron chi connectivity index (χ3n) is 4.49. The van der Waals surface area contributed by atoms with Crippen LogP contribution < -0.4 is 14.6 Å². The fraction of sp³-hybridized carbons (Fsp3) is 0.208. The molecule has 0 heterocycles. The Balaban J connectivity index is 1.81. The van der Waals surface area contributed by atoms with E-state index < -0.39 is 11.9 Å². The molecule has 3 aromatic rings. The van der Waals surface area contributed by atoms with E-state index in [0.717, 1.165) is 11.1 Å². The van der Waals surface area contributed by atoms with Gasteiger partial charge in [-0.15, -0.1) is 0 Å². The predicted molar refractivity (Wildman–Crippen MR) is 106 cm³/mol. The van der Waals surface area contributed by atoms with Gasteiger partial charge < -0.3 is 19.4 Å². The molecular formula is C24H23O4-. The van der Waals surface area contributed by atoms with Crippen molar-refractivity contribution >= 4 is 5.97 Å². The number of carboxylic acid groups (broad SMARTS) is 1. The molecule has 4 nitrogen and oxygen atoms in total. The van der Waals surface area contributed by atoms with Crippen molar-refractivity contribution in [2.75, 3.05) is 0 Å². The third-order valence-corrected chi connectivity index (χ3v) is 4.49. The minimum atomic E-state index is -1.10. The van der Waals surface area contributed by atoms with Crippen molar-refractivity contribution in [1.29, 1.82) is 0 Å². The number of benzene rings is 3. The molecule has 0 saturated heterocycles. The Hall–Kier alpha value is -3.27. The van der Waals surface area contributed by atoms with Gasteiger partial charge in [0, 0.05) is 18.0 Å². The van der Waals surface area contributed by atoms with Crippen molar-refractivity contribution in [1.82, 2.24) is 0 Å². The minimum absolute atomic E-state index is 0.393. The zero-order valence-electron chi connectivity index (χ0n) is 15.8. The Morgan fingerprint density at radius 3 is 1.68 bits per heavy atom. The highest BCUT2D eigenvalue weighted by Gasteiger charge is 2.14. The molecule has 0 aliphatic heterocycles. The highest BCUT2D eigenvalue weighted by molar-refractivity contribution is 5.74. The van der Waals surface area contributed by atoms with Crippen molar-refractivity contribution in [3.8, 4) is 11.5 Å². The topological polar surface area (TPSA) is 58.6 Å². The van der Waals surface area contributed by atoms with Crippen LogP contribution in [0.15, 0.2) is 78.9 Å². The summed E-state index contributed by atoms with van der Waals surface area (Å²) in [7, 11) is 0. The summed E-state index contributed by atoms with van der Waals surface area (Å²) >= 11 is 0. The van der Waals surface area contributed by atoms with E-state index in [9.17, 15) is 9.90 Å². The highest BCUT2D eigenvalue weighted by atomic mass is 16.5. The molecule has 0 N–H and O–H groups in total. The number of carbonyl (C=O) groups excluding carboxylic acids is 1. The second-order valence-electron chi connectivity index (χ2n) is 6.57. The van der Waals surface area contributed by atoms with Gasteiger partial charge in [-0.2, -0.15) is 0 Å². The Morgan fingerprint density at radius 1 is 0.821 bits per heavy atom. The molecule has 0 fully saturated rings. The zero-order valence-corrected chi connectivity index (χ0v) is 15.8. The van der Waals surface area contributed by atoms with E-state index in [1.54, 1.807) is 18.2 Å². The smallest absolute Gasteiger partial charge is 0.123 e. The first-order chi connectivity index (χ1) is 13.7. The number of aliphatic carboxylic acids is 1. The molecule has 0 bridgehead atoms.